The van der Waals surface area contributed by atoms with E-state index in [1.54, 1.807) is 30.3 Å². The first kappa shape index (κ1) is 14.7. The number of halogens is 1. The van der Waals surface area contributed by atoms with E-state index in [1.165, 1.54) is 18.2 Å². The van der Waals surface area contributed by atoms with E-state index in [0.717, 1.165) is 6.08 Å². The van der Waals surface area contributed by atoms with Gasteiger partial charge in [-0.2, -0.15) is 0 Å². The molecule has 0 fully saturated rings. The molecule has 2 aromatic rings. The van der Waals surface area contributed by atoms with Crippen molar-refractivity contribution >= 4 is 12.0 Å². The average Bonchev–Trinajstić information content (AvgIpc) is 2.48. The van der Waals surface area contributed by atoms with Crippen molar-refractivity contribution in [3.8, 4) is 11.5 Å². The largest absolute Gasteiger partial charge is 0.478 e. The van der Waals surface area contributed by atoms with Crippen LogP contribution in [-0.2, 0) is 11.4 Å². The molecule has 2 aromatic carbocycles. The highest BCUT2D eigenvalue weighted by molar-refractivity contribution is 5.85. The smallest absolute Gasteiger partial charge is 0.328 e. The SMILES string of the molecule is O=C(O)C=Cc1ccc(Oc2ccccc2CO)c(F)c1. The standard InChI is InChI=1S/C16H13FO4/c17-13-9-11(6-8-16(19)20)5-7-15(13)21-14-4-2-1-3-12(14)10-18/h1-9,18H,10H2,(H,19,20). The van der Waals surface area contributed by atoms with Gasteiger partial charge in [-0.25, -0.2) is 9.18 Å². The summed E-state index contributed by atoms with van der Waals surface area (Å²) in [7, 11) is 0. The zero-order valence-electron chi connectivity index (χ0n) is 11.0. The maximum atomic E-state index is 13.9. The molecule has 0 amide bonds. The Hall–Kier alpha value is -2.66. The van der Waals surface area contributed by atoms with Crippen LogP contribution in [-0.4, -0.2) is 16.2 Å². The molecule has 0 atom stereocenters. The normalized spacial score (nSPS) is 10.8. The van der Waals surface area contributed by atoms with Gasteiger partial charge in [0.25, 0.3) is 0 Å². The fourth-order valence-electron chi connectivity index (χ4n) is 1.72. The monoisotopic (exact) mass is 288 g/mol. The van der Waals surface area contributed by atoms with Crippen LogP contribution in [0, 0.1) is 5.82 Å². The first-order valence-corrected chi connectivity index (χ1v) is 6.17. The molecule has 5 heteroatoms. The van der Waals surface area contributed by atoms with Gasteiger partial charge in [0, 0.05) is 11.6 Å². The molecule has 2 rings (SSSR count). The minimum Gasteiger partial charge on any atom is -0.478 e. The van der Waals surface area contributed by atoms with Crippen molar-refractivity contribution in [3.05, 3.63) is 65.5 Å². The van der Waals surface area contributed by atoms with Crippen LogP contribution in [0.25, 0.3) is 6.08 Å². The molecule has 0 spiro atoms. The van der Waals surface area contributed by atoms with Crippen molar-refractivity contribution in [1.29, 1.82) is 0 Å². The Morgan fingerprint density at radius 1 is 1.19 bits per heavy atom. The van der Waals surface area contributed by atoms with Gasteiger partial charge in [0.05, 0.1) is 6.61 Å². The molecule has 0 heterocycles. The Morgan fingerprint density at radius 3 is 2.62 bits per heavy atom. The van der Waals surface area contributed by atoms with E-state index < -0.39 is 11.8 Å². The number of aliphatic hydroxyl groups excluding tert-OH is 1. The molecule has 0 saturated carbocycles. The number of hydrogen-bond acceptors (Lipinski definition) is 3. The maximum Gasteiger partial charge on any atom is 0.328 e. The topological polar surface area (TPSA) is 66.8 Å². The van der Waals surface area contributed by atoms with E-state index in [2.05, 4.69) is 0 Å². The number of rotatable bonds is 5. The van der Waals surface area contributed by atoms with Gasteiger partial charge < -0.3 is 14.9 Å². The third-order valence-electron chi connectivity index (χ3n) is 2.74. The van der Waals surface area contributed by atoms with E-state index in [-0.39, 0.29) is 12.4 Å². The second kappa shape index (κ2) is 6.67. The van der Waals surface area contributed by atoms with Crippen molar-refractivity contribution < 1.29 is 24.1 Å². The van der Waals surface area contributed by atoms with E-state index in [0.29, 0.717) is 16.9 Å². The number of hydrogen-bond donors (Lipinski definition) is 2. The molecule has 21 heavy (non-hydrogen) atoms. The molecule has 0 aliphatic carbocycles. The highest BCUT2D eigenvalue weighted by atomic mass is 19.1. The molecular weight excluding hydrogens is 275 g/mol. The van der Waals surface area contributed by atoms with Gasteiger partial charge >= 0.3 is 5.97 Å². The number of carboxylic acid groups (broad SMARTS) is 1. The Labute approximate surface area is 120 Å². The lowest BCUT2D eigenvalue weighted by Gasteiger charge is -2.10. The zero-order chi connectivity index (χ0) is 15.2. The van der Waals surface area contributed by atoms with Gasteiger partial charge in [-0.15, -0.1) is 0 Å². The van der Waals surface area contributed by atoms with Crippen LogP contribution in [0.4, 0.5) is 4.39 Å². The van der Waals surface area contributed by atoms with Crippen LogP contribution in [0.2, 0.25) is 0 Å². The number of aliphatic carboxylic acids is 1. The van der Waals surface area contributed by atoms with Gasteiger partial charge in [0.2, 0.25) is 0 Å². The Bertz CT molecular complexity index is 680. The number of carboxylic acids is 1. The Morgan fingerprint density at radius 2 is 1.95 bits per heavy atom. The second-order valence-electron chi connectivity index (χ2n) is 4.23. The van der Waals surface area contributed by atoms with Crippen molar-refractivity contribution in [2.24, 2.45) is 0 Å². The molecular formula is C16H13FO4. The Balaban J connectivity index is 2.23. The Kier molecular flexibility index (Phi) is 4.68. The highest BCUT2D eigenvalue weighted by Crippen LogP contribution is 2.28. The summed E-state index contributed by atoms with van der Waals surface area (Å²) in [5.41, 5.74) is 0.962. The van der Waals surface area contributed by atoms with E-state index in [4.69, 9.17) is 9.84 Å². The molecule has 0 unspecified atom stereocenters. The number of benzene rings is 2. The second-order valence-corrected chi connectivity index (χ2v) is 4.23. The summed E-state index contributed by atoms with van der Waals surface area (Å²) in [6.07, 6.45) is 2.22. The van der Waals surface area contributed by atoms with Crippen LogP contribution < -0.4 is 4.74 Å². The van der Waals surface area contributed by atoms with Crippen molar-refractivity contribution in [3.63, 3.8) is 0 Å². The summed E-state index contributed by atoms with van der Waals surface area (Å²) in [6, 6.07) is 10.9. The number of aliphatic hydroxyl groups is 1. The van der Waals surface area contributed by atoms with Crippen molar-refractivity contribution in [1.82, 2.24) is 0 Å². The summed E-state index contributed by atoms with van der Waals surface area (Å²) in [4.78, 5) is 10.4. The van der Waals surface area contributed by atoms with Gasteiger partial charge in [0.15, 0.2) is 11.6 Å². The predicted octanol–water partition coefficient (Wildman–Crippen LogP) is 3.21. The average molecular weight is 288 g/mol. The molecule has 0 saturated heterocycles. The fraction of sp³-hybridized carbons (Fsp3) is 0.0625. The lowest BCUT2D eigenvalue weighted by atomic mass is 10.2. The lowest BCUT2D eigenvalue weighted by Crippen LogP contribution is -1.94. The summed E-state index contributed by atoms with van der Waals surface area (Å²) >= 11 is 0. The van der Waals surface area contributed by atoms with Crippen molar-refractivity contribution in [2.75, 3.05) is 0 Å². The first-order valence-electron chi connectivity index (χ1n) is 6.17. The molecule has 2 N–H and O–H groups in total. The quantitative estimate of drug-likeness (QED) is 0.829. The molecule has 108 valence electrons. The summed E-state index contributed by atoms with van der Waals surface area (Å²) < 4.78 is 19.4. The number of carbonyl (C=O) groups is 1. The third kappa shape index (κ3) is 3.90. The number of para-hydroxylation sites is 1. The van der Waals surface area contributed by atoms with Gasteiger partial charge in [-0.3, -0.25) is 0 Å². The molecule has 0 radical (unpaired) electrons. The van der Waals surface area contributed by atoms with E-state index in [9.17, 15) is 14.3 Å². The van der Waals surface area contributed by atoms with Crippen LogP contribution >= 0.6 is 0 Å². The van der Waals surface area contributed by atoms with Crippen LogP contribution in [0.5, 0.6) is 11.5 Å². The molecule has 0 aromatic heterocycles. The summed E-state index contributed by atoms with van der Waals surface area (Å²) in [5, 5.41) is 17.7. The summed E-state index contributed by atoms with van der Waals surface area (Å²) in [5.74, 6) is -1.35. The predicted molar refractivity (Wildman–Crippen MR) is 75.5 cm³/mol. The minimum absolute atomic E-state index is 0.00313. The van der Waals surface area contributed by atoms with Crippen LogP contribution in [0.1, 0.15) is 11.1 Å². The van der Waals surface area contributed by atoms with Gasteiger partial charge in [0.1, 0.15) is 5.75 Å². The van der Waals surface area contributed by atoms with E-state index >= 15 is 0 Å². The lowest BCUT2D eigenvalue weighted by molar-refractivity contribution is -0.131. The van der Waals surface area contributed by atoms with Gasteiger partial charge in [-0.1, -0.05) is 24.3 Å². The van der Waals surface area contributed by atoms with E-state index in [1.807, 2.05) is 0 Å². The summed E-state index contributed by atoms with van der Waals surface area (Å²) in [6.45, 7) is -0.211. The van der Waals surface area contributed by atoms with Crippen LogP contribution in [0.3, 0.4) is 0 Å². The minimum atomic E-state index is -1.10. The number of ether oxygens (including phenoxy) is 1. The fourth-order valence-corrected chi connectivity index (χ4v) is 1.72. The molecule has 0 bridgehead atoms. The maximum absolute atomic E-state index is 13.9. The molecule has 4 nitrogen and oxygen atoms in total. The first-order chi connectivity index (χ1) is 10.1. The zero-order valence-corrected chi connectivity index (χ0v) is 11.0. The van der Waals surface area contributed by atoms with Crippen molar-refractivity contribution in [2.45, 2.75) is 6.61 Å². The van der Waals surface area contributed by atoms with Crippen LogP contribution in [0.15, 0.2) is 48.5 Å². The van der Waals surface area contributed by atoms with Gasteiger partial charge in [-0.05, 0) is 29.8 Å². The highest BCUT2D eigenvalue weighted by Gasteiger charge is 2.08. The molecule has 0 aliphatic rings. The molecule has 0 aliphatic heterocycles. The third-order valence-corrected chi connectivity index (χ3v) is 2.74.